The number of carbonyl (C=O) groups excluding carboxylic acids is 1. The number of piperazine rings is 1. The first-order valence-electron chi connectivity index (χ1n) is 7.79. The van der Waals surface area contributed by atoms with Gasteiger partial charge in [-0.05, 0) is 19.8 Å². The zero-order valence-corrected chi connectivity index (χ0v) is 16.0. The maximum absolute atomic E-state index is 12.2. The van der Waals surface area contributed by atoms with Crippen LogP contribution in [0.5, 0.6) is 0 Å². The molecule has 1 rings (SSSR count). The Kier molecular flexibility index (Phi) is 9.61. The van der Waals surface area contributed by atoms with Crippen LogP contribution in [0.15, 0.2) is 0 Å². The smallest absolute Gasteiger partial charge is 0.239 e. The topological polar surface area (TPSA) is 92.9 Å². The van der Waals surface area contributed by atoms with Crippen molar-refractivity contribution in [3.8, 4) is 0 Å². The highest BCUT2D eigenvalue weighted by Gasteiger charge is 2.31. The average Bonchev–Trinajstić information content (AvgIpc) is 2.45. The van der Waals surface area contributed by atoms with Crippen molar-refractivity contribution in [2.75, 3.05) is 38.5 Å². The Balaban J connectivity index is 0.00000484. The Labute approximate surface area is 146 Å². The minimum atomic E-state index is -3.33. The van der Waals surface area contributed by atoms with Crippen LogP contribution in [0, 0.1) is 5.92 Å². The zero-order chi connectivity index (χ0) is 16.9. The number of halogens is 1. The van der Waals surface area contributed by atoms with E-state index in [-0.39, 0.29) is 42.7 Å². The SMILES string of the molecule is CC(C)OCCS(=O)(=O)N1CCN(C(=O)[C@@H](N)C(C)C)CC1.Cl. The molecular formula is C14H30ClN3O4S. The molecule has 1 aliphatic rings. The summed E-state index contributed by atoms with van der Waals surface area (Å²) in [6.07, 6.45) is 0.0159. The third-order valence-corrected chi connectivity index (χ3v) is 5.57. The summed E-state index contributed by atoms with van der Waals surface area (Å²) in [7, 11) is -3.33. The summed E-state index contributed by atoms with van der Waals surface area (Å²) in [6, 6.07) is -0.525. The fourth-order valence-corrected chi connectivity index (χ4v) is 3.49. The molecule has 2 N–H and O–H groups in total. The minimum Gasteiger partial charge on any atom is -0.378 e. The summed E-state index contributed by atoms with van der Waals surface area (Å²) in [5.74, 6) is -0.0531. The van der Waals surface area contributed by atoms with Gasteiger partial charge in [-0.25, -0.2) is 8.42 Å². The second-order valence-electron chi connectivity index (χ2n) is 6.23. The molecule has 1 heterocycles. The maximum atomic E-state index is 12.2. The Morgan fingerprint density at radius 2 is 1.65 bits per heavy atom. The second-order valence-corrected chi connectivity index (χ2v) is 8.32. The molecule has 9 heteroatoms. The van der Waals surface area contributed by atoms with E-state index in [4.69, 9.17) is 10.5 Å². The molecule has 0 spiro atoms. The molecule has 0 saturated carbocycles. The van der Waals surface area contributed by atoms with E-state index in [9.17, 15) is 13.2 Å². The Hall–Kier alpha value is -0.410. The van der Waals surface area contributed by atoms with Crippen molar-refractivity contribution in [2.45, 2.75) is 39.8 Å². The number of sulfonamides is 1. The van der Waals surface area contributed by atoms with Gasteiger partial charge in [0, 0.05) is 26.2 Å². The molecule has 138 valence electrons. The van der Waals surface area contributed by atoms with Crippen LogP contribution in [-0.2, 0) is 19.6 Å². The normalized spacial score (nSPS) is 18.1. The molecule has 0 aromatic heterocycles. The fourth-order valence-electron chi connectivity index (χ4n) is 2.20. The first-order valence-corrected chi connectivity index (χ1v) is 9.40. The monoisotopic (exact) mass is 371 g/mol. The van der Waals surface area contributed by atoms with Crippen molar-refractivity contribution < 1.29 is 17.9 Å². The minimum absolute atomic E-state index is 0. The quantitative estimate of drug-likeness (QED) is 0.694. The van der Waals surface area contributed by atoms with Crippen LogP contribution in [-0.4, -0.2) is 74.2 Å². The lowest BCUT2D eigenvalue weighted by Gasteiger charge is -2.35. The molecule has 0 unspecified atom stereocenters. The van der Waals surface area contributed by atoms with E-state index in [2.05, 4.69) is 0 Å². The van der Waals surface area contributed by atoms with Gasteiger partial charge in [0.15, 0.2) is 0 Å². The van der Waals surface area contributed by atoms with Gasteiger partial charge in [0.25, 0.3) is 0 Å². The number of hydrogen-bond donors (Lipinski definition) is 1. The standard InChI is InChI=1S/C14H29N3O4S.ClH/c1-11(2)13(15)14(18)16-5-7-17(8-6-16)22(19,20)10-9-21-12(3)4;/h11-13H,5-10,15H2,1-4H3;1H/t13-;/m0./s1. The van der Waals surface area contributed by atoms with Gasteiger partial charge >= 0.3 is 0 Å². The fraction of sp³-hybridized carbons (Fsp3) is 0.929. The number of hydrogen-bond acceptors (Lipinski definition) is 5. The van der Waals surface area contributed by atoms with E-state index in [1.807, 2.05) is 27.7 Å². The summed E-state index contributed by atoms with van der Waals surface area (Å²) in [4.78, 5) is 13.8. The lowest BCUT2D eigenvalue weighted by molar-refractivity contribution is -0.134. The van der Waals surface area contributed by atoms with Crippen LogP contribution in [0.2, 0.25) is 0 Å². The summed E-state index contributed by atoms with van der Waals surface area (Å²) >= 11 is 0. The van der Waals surface area contributed by atoms with Crippen LogP contribution in [0.4, 0.5) is 0 Å². The molecule has 1 amide bonds. The van der Waals surface area contributed by atoms with Crippen LogP contribution < -0.4 is 5.73 Å². The number of amides is 1. The van der Waals surface area contributed by atoms with Gasteiger partial charge in [0.1, 0.15) is 0 Å². The molecule has 0 radical (unpaired) electrons. The van der Waals surface area contributed by atoms with Crippen molar-refractivity contribution in [3.63, 3.8) is 0 Å². The van der Waals surface area contributed by atoms with Crippen molar-refractivity contribution in [3.05, 3.63) is 0 Å². The number of ether oxygens (including phenoxy) is 1. The van der Waals surface area contributed by atoms with Gasteiger partial charge in [-0.3, -0.25) is 4.79 Å². The number of rotatable bonds is 7. The molecular weight excluding hydrogens is 342 g/mol. The molecule has 1 fully saturated rings. The Morgan fingerprint density at radius 1 is 1.13 bits per heavy atom. The summed E-state index contributed by atoms with van der Waals surface area (Å²) < 4.78 is 31.1. The lowest BCUT2D eigenvalue weighted by atomic mass is 10.0. The van der Waals surface area contributed by atoms with Gasteiger partial charge in [-0.1, -0.05) is 13.8 Å². The molecule has 0 aromatic rings. The molecule has 0 aliphatic carbocycles. The number of carbonyl (C=O) groups is 1. The van der Waals surface area contributed by atoms with Gasteiger partial charge in [-0.2, -0.15) is 4.31 Å². The Bertz CT molecular complexity index is 463. The Morgan fingerprint density at radius 3 is 2.09 bits per heavy atom. The largest absolute Gasteiger partial charge is 0.378 e. The molecule has 7 nitrogen and oxygen atoms in total. The third kappa shape index (κ3) is 6.93. The highest BCUT2D eigenvalue weighted by atomic mass is 35.5. The lowest BCUT2D eigenvalue weighted by Crippen LogP contribution is -2.55. The highest BCUT2D eigenvalue weighted by Crippen LogP contribution is 2.11. The summed E-state index contributed by atoms with van der Waals surface area (Å²) in [5, 5.41) is 0. The first-order chi connectivity index (χ1) is 10.1. The molecule has 0 aromatic carbocycles. The van der Waals surface area contributed by atoms with Gasteiger partial charge < -0.3 is 15.4 Å². The van der Waals surface area contributed by atoms with E-state index in [1.54, 1.807) is 4.90 Å². The van der Waals surface area contributed by atoms with Crippen molar-refractivity contribution in [2.24, 2.45) is 11.7 Å². The van der Waals surface area contributed by atoms with Crippen LogP contribution in [0.3, 0.4) is 0 Å². The number of nitrogens with two attached hydrogens (primary N) is 1. The molecule has 1 aliphatic heterocycles. The van der Waals surface area contributed by atoms with Crippen molar-refractivity contribution in [1.82, 2.24) is 9.21 Å². The van der Waals surface area contributed by atoms with E-state index < -0.39 is 16.1 Å². The first kappa shape index (κ1) is 22.6. The van der Waals surface area contributed by atoms with Crippen LogP contribution >= 0.6 is 12.4 Å². The summed E-state index contributed by atoms with van der Waals surface area (Å²) in [5.41, 5.74) is 5.87. The molecule has 1 saturated heterocycles. The van der Waals surface area contributed by atoms with Gasteiger partial charge in [0.2, 0.25) is 15.9 Å². The van der Waals surface area contributed by atoms with Crippen LogP contribution in [0.1, 0.15) is 27.7 Å². The second kappa shape index (κ2) is 9.78. The van der Waals surface area contributed by atoms with E-state index in [0.717, 1.165) is 0 Å². The predicted molar refractivity (Wildman–Crippen MR) is 93.1 cm³/mol. The van der Waals surface area contributed by atoms with Crippen LogP contribution in [0.25, 0.3) is 0 Å². The molecule has 0 bridgehead atoms. The van der Waals surface area contributed by atoms with E-state index >= 15 is 0 Å². The van der Waals surface area contributed by atoms with Gasteiger partial charge in [-0.15, -0.1) is 12.4 Å². The van der Waals surface area contributed by atoms with E-state index in [1.165, 1.54) is 4.31 Å². The average molecular weight is 372 g/mol. The van der Waals surface area contributed by atoms with Crippen molar-refractivity contribution >= 4 is 28.3 Å². The van der Waals surface area contributed by atoms with E-state index in [0.29, 0.717) is 26.2 Å². The summed E-state index contributed by atoms with van der Waals surface area (Å²) in [6.45, 7) is 9.16. The highest BCUT2D eigenvalue weighted by molar-refractivity contribution is 7.89. The maximum Gasteiger partial charge on any atom is 0.239 e. The number of nitrogens with zero attached hydrogens (tertiary/aromatic N) is 2. The molecule has 1 atom stereocenters. The van der Waals surface area contributed by atoms with Crippen molar-refractivity contribution in [1.29, 1.82) is 0 Å². The zero-order valence-electron chi connectivity index (χ0n) is 14.4. The van der Waals surface area contributed by atoms with Gasteiger partial charge in [0.05, 0.1) is 24.5 Å². The molecule has 23 heavy (non-hydrogen) atoms. The third-order valence-electron chi connectivity index (χ3n) is 3.74. The predicted octanol–water partition coefficient (Wildman–Crippen LogP) is 0.291.